The zero-order valence-corrected chi connectivity index (χ0v) is 11.1. The fourth-order valence-electron chi connectivity index (χ4n) is 0.896. The molecule has 1 aromatic rings. The van der Waals surface area contributed by atoms with Gasteiger partial charge in [-0.3, -0.25) is 0 Å². The number of rotatable bonds is 2. The van der Waals surface area contributed by atoms with Gasteiger partial charge in [-0.2, -0.15) is 0 Å². The average Bonchev–Trinajstić information content (AvgIpc) is 2.04. The van der Waals surface area contributed by atoms with Crippen LogP contribution in [0.25, 0.3) is 0 Å². The van der Waals surface area contributed by atoms with E-state index in [4.69, 9.17) is 0 Å². The molecule has 66 valence electrons. The second-order valence-corrected chi connectivity index (χ2v) is 3.88. The third kappa shape index (κ3) is 3.84. The van der Waals surface area contributed by atoms with Crippen LogP contribution in [0.2, 0.25) is 0 Å². The van der Waals surface area contributed by atoms with Gasteiger partial charge >= 0.3 is 29.6 Å². The maximum Gasteiger partial charge on any atom is 1.00 e. The molecule has 0 fully saturated rings. The Balaban J connectivity index is 0.00000144. The van der Waals surface area contributed by atoms with Crippen molar-refractivity contribution in [2.24, 2.45) is 0 Å². The van der Waals surface area contributed by atoms with E-state index >= 15 is 0 Å². The molecular formula is C8H11NNaO2P. The zero-order valence-electron chi connectivity index (χ0n) is 8.07. The predicted octanol–water partition coefficient (Wildman–Crippen LogP) is -2.78. The van der Waals surface area contributed by atoms with E-state index in [0.717, 1.165) is 5.69 Å². The van der Waals surface area contributed by atoms with Gasteiger partial charge in [0, 0.05) is 27.8 Å². The normalized spacial score (nSPS) is 11.6. The van der Waals surface area contributed by atoms with Gasteiger partial charge in [0.1, 0.15) is 0 Å². The molecule has 0 aliphatic heterocycles. The number of benzene rings is 1. The largest absolute Gasteiger partial charge is 1.00 e. The minimum Gasteiger partial charge on any atom is -0.798 e. The van der Waals surface area contributed by atoms with Crippen molar-refractivity contribution in [3.63, 3.8) is 0 Å². The maximum atomic E-state index is 10.5. The molecule has 5 heteroatoms. The molecule has 0 aromatic heterocycles. The first-order valence-corrected chi connectivity index (χ1v) is 4.91. The van der Waals surface area contributed by atoms with Crippen molar-refractivity contribution in [2.75, 3.05) is 19.0 Å². The molecule has 1 aromatic carbocycles. The van der Waals surface area contributed by atoms with Gasteiger partial charge in [-0.05, 0) is 17.4 Å². The van der Waals surface area contributed by atoms with Crippen LogP contribution in [0.5, 0.6) is 0 Å². The van der Waals surface area contributed by atoms with Gasteiger partial charge in [0.25, 0.3) is 0 Å². The number of hydrogen-bond donors (Lipinski definition) is 0. The van der Waals surface area contributed by atoms with E-state index in [1.54, 1.807) is 24.3 Å². The Morgan fingerprint density at radius 3 is 2.00 bits per heavy atom. The van der Waals surface area contributed by atoms with E-state index in [9.17, 15) is 9.46 Å². The standard InChI is InChI=1S/C8H12NO2P.Na/c1-9(2)7-3-5-8(6-4-7)12(10)11;/h3-6,12H,1-2H3,(H,10,11);/q;+1/p-1. The second kappa shape index (κ2) is 5.84. The van der Waals surface area contributed by atoms with Gasteiger partial charge in [0.15, 0.2) is 0 Å². The maximum absolute atomic E-state index is 10.5. The number of hydrogen-bond acceptors (Lipinski definition) is 3. The smallest absolute Gasteiger partial charge is 0.798 e. The van der Waals surface area contributed by atoms with E-state index < -0.39 is 8.03 Å². The molecule has 1 atom stereocenters. The Labute approximate surface area is 101 Å². The summed E-state index contributed by atoms with van der Waals surface area (Å²) in [5, 5.41) is 0.394. The van der Waals surface area contributed by atoms with E-state index in [0.29, 0.717) is 5.30 Å². The van der Waals surface area contributed by atoms with Gasteiger partial charge < -0.3 is 14.4 Å². The van der Waals surface area contributed by atoms with Crippen LogP contribution in [0.4, 0.5) is 5.69 Å². The molecule has 0 spiro atoms. The third-order valence-corrected chi connectivity index (χ3v) is 2.42. The molecule has 0 radical (unpaired) electrons. The Bertz CT molecular complexity index is 287. The van der Waals surface area contributed by atoms with Crippen molar-refractivity contribution in [1.82, 2.24) is 0 Å². The van der Waals surface area contributed by atoms with E-state index in [1.165, 1.54) is 0 Å². The van der Waals surface area contributed by atoms with Crippen LogP contribution in [0.3, 0.4) is 0 Å². The first kappa shape index (κ1) is 13.2. The minimum atomic E-state index is -2.77. The van der Waals surface area contributed by atoms with E-state index in [2.05, 4.69) is 0 Å². The first-order valence-electron chi connectivity index (χ1n) is 3.60. The van der Waals surface area contributed by atoms with Gasteiger partial charge in [-0.1, -0.05) is 12.1 Å². The van der Waals surface area contributed by atoms with Crippen LogP contribution >= 0.6 is 8.03 Å². The Hall–Kier alpha value is 0.210. The first-order chi connectivity index (χ1) is 5.61. The number of anilines is 1. The van der Waals surface area contributed by atoms with Crippen molar-refractivity contribution >= 4 is 19.0 Å². The molecule has 0 amide bonds. The van der Waals surface area contributed by atoms with Crippen LogP contribution in [0.15, 0.2) is 24.3 Å². The quantitative estimate of drug-likeness (QED) is 0.389. The summed E-state index contributed by atoms with van der Waals surface area (Å²) < 4.78 is 10.5. The summed E-state index contributed by atoms with van der Waals surface area (Å²) in [5.74, 6) is 0. The number of nitrogens with zero attached hydrogens (tertiary/aromatic N) is 1. The zero-order chi connectivity index (χ0) is 9.14. The molecule has 1 rings (SSSR count). The summed E-state index contributed by atoms with van der Waals surface area (Å²) in [4.78, 5) is 12.5. The molecule has 0 saturated heterocycles. The van der Waals surface area contributed by atoms with E-state index in [1.807, 2.05) is 19.0 Å². The fourth-order valence-corrected chi connectivity index (χ4v) is 1.33. The topological polar surface area (TPSA) is 43.4 Å². The third-order valence-electron chi connectivity index (χ3n) is 1.62. The fraction of sp³-hybridized carbons (Fsp3) is 0.250. The molecule has 0 aliphatic rings. The van der Waals surface area contributed by atoms with Gasteiger partial charge in [-0.25, -0.2) is 0 Å². The molecule has 0 heterocycles. The molecule has 1 unspecified atom stereocenters. The van der Waals surface area contributed by atoms with Gasteiger partial charge in [-0.15, -0.1) is 0 Å². The van der Waals surface area contributed by atoms with E-state index in [-0.39, 0.29) is 29.6 Å². The van der Waals surface area contributed by atoms with Crippen LogP contribution in [0, 0.1) is 0 Å². The molecule has 0 aliphatic carbocycles. The summed E-state index contributed by atoms with van der Waals surface area (Å²) >= 11 is 0. The molecule has 3 nitrogen and oxygen atoms in total. The SMILES string of the molecule is CN(C)c1ccc([PH](=O)[O-])cc1.[Na+]. The summed E-state index contributed by atoms with van der Waals surface area (Å²) in [5.41, 5.74) is 1.00. The van der Waals surface area contributed by atoms with Gasteiger partial charge in [0.05, 0.1) is 0 Å². The van der Waals surface area contributed by atoms with Gasteiger partial charge in [0.2, 0.25) is 0 Å². The Kier molecular flexibility index (Phi) is 5.93. The monoisotopic (exact) mass is 207 g/mol. The van der Waals surface area contributed by atoms with Crippen LogP contribution in [-0.4, -0.2) is 14.1 Å². The van der Waals surface area contributed by atoms with Crippen molar-refractivity contribution in [3.8, 4) is 0 Å². The summed E-state index contributed by atoms with van der Waals surface area (Å²) in [6, 6.07) is 6.80. The summed E-state index contributed by atoms with van der Waals surface area (Å²) in [7, 11) is 1.05. The van der Waals surface area contributed by atoms with Crippen molar-refractivity contribution < 1.29 is 39.0 Å². The average molecular weight is 207 g/mol. The van der Waals surface area contributed by atoms with Crippen LogP contribution in [0.1, 0.15) is 0 Å². The summed E-state index contributed by atoms with van der Waals surface area (Å²) in [6.45, 7) is 0. The molecule has 0 bridgehead atoms. The minimum absolute atomic E-state index is 0. The predicted molar refractivity (Wildman–Crippen MR) is 49.4 cm³/mol. The summed E-state index contributed by atoms with van der Waals surface area (Å²) in [6.07, 6.45) is 0. The molecule has 0 saturated carbocycles. The van der Waals surface area contributed by atoms with Crippen LogP contribution in [-0.2, 0) is 4.57 Å². The van der Waals surface area contributed by atoms with Crippen LogP contribution < -0.4 is 44.7 Å². The molecular weight excluding hydrogens is 196 g/mol. The molecule has 13 heavy (non-hydrogen) atoms. The Morgan fingerprint density at radius 1 is 1.23 bits per heavy atom. The molecule has 0 N–H and O–H groups in total. The van der Waals surface area contributed by atoms with Crippen molar-refractivity contribution in [2.45, 2.75) is 0 Å². The van der Waals surface area contributed by atoms with Crippen molar-refractivity contribution in [3.05, 3.63) is 24.3 Å². The second-order valence-electron chi connectivity index (χ2n) is 2.73. The Morgan fingerprint density at radius 2 is 1.69 bits per heavy atom. The van der Waals surface area contributed by atoms with Crippen molar-refractivity contribution in [1.29, 1.82) is 0 Å².